The van der Waals surface area contributed by atoms with Crippen molar-refractivity contribution in [2.75, 3.05) is 12.8 Å². The molecule has 0 aliphatic carbocycles. The maximum atomic E-state index is 5.96. The van der Waals surface area contributed by atoms with Crippen LogP contribution >= 0.6 is 11.8 Å². The van der Waals surface area contributed by atoms with Crippen LogP contribution in [0.2, 0.25) is 0 Å². The first-order valence-electron chi connectivity index (χ1n) is 7.38. The molecule has 0 fully saturated rings. The van der Waals surface area contributed by atoms with E-state index in [0.717, 1.165) is 18.7 Å². The molecule has 1 heterocycles. The fraction of sp³-hybridized carbons (Fsp3) is 0.333. The van der Waals surface area contributed by atoms with Crippen LogP contribution in [0.25, 0.3) is 0 Å². The SMILES string of the molecule is CSc1ccc(C(C)NCC2Cc3ccccc3O2)cc1. The molecule has 0 amide bonds. The number of para-hydroxylation sites is 1. The first kappa shape index (κ1) is 14.5. The maximum absolute atomic E-state index is 5.96. The summed E-state index contributed by atoms with van der Waals surface area (Å²) in [6, 6.07) is 17.4. The van der Waals surface area contributed by atoms with E-state index in [0.29, 0.717) is 6.04 Å². The van der Waals surface area contributed by atoms with Crippen LogP contribution in [0.1, 0.15) is 24.1 Å². The van der Waals surface area contributed by atoms with E-state index in [-0.39, 0.29) is 6.10 Å². The Balaban J connectivity index is 1.53. The van der Waals surface area contributed by atoms with E-state index >= 15 is 0 Å². The molecule has 3 rings (SSSR count). The Morgan fingerprint density at radius 1 is 1.19 bits per heavy atom. The molecule has 2 nitrogen and oxygen atoms in total. The van der Waals surface area contributed by atoms with Gasteiger partial charge in [0.1, 0.15) is 11.9 Å². The molecule has 2 aromatic carbocycles. The third-order valence-corrected chi connectivity index (χ3v) is 4.72. The number of fused-ring (bicyclic) bond motifs is 1. The minimum Gasteiger partial charge on any atom is -0.488 e. The van der Waals surface area contributed by atoms with Crippen molar-refractivity contribution < 1.29 is 4.74 Å². The van der Waals surface area contributed by atoms with Gasteiger partial charge in [0.25, 0.3) is 0 Å². The number of rotatable bonds is 5. The highest BCUT2D eigenvalue weighted by Gasteiger charge is 2.22. The molecule has 0 radical (unpaired) electrons. The monoisotopic (exact) mass is 299 g/mol. The van der Waals surface area contributed by atoms with Crippen LogP contribution in [0, 0.1) is 0 Å². The van der Waals surface area contributed by atoms with E-state index in [1.54, 1.807) is 11.8 Å². The van der Waals surface area contributed by atoms with Crippen LogP contribution in [0.4, 0.5) is 0 Å². The maximum Gasteiger partial charge on any atom is 0.123 e. The average molecular weight is 299 g/mol. The van der Waals surface area contributed by atoms with Crippen molar-refractivity contribution in [2.45, 2.75) is 30.4 Å². The second-order valence-electron chi connectivity index (χ2n) is 5.45. The van der Waals surface area contributed by atoms with Crippen molar-refractivity contribution in [3.8, 4) is 5.75 Å². The van der Waals surface area contributed by atoms with Crippen molar-refractivity contribution >= 4 is 11.8 Å². The number of thioether (sulfide) groups is 1. The van der Waals surface area contributed by atoms with Crippen LogP contribution in [0.3, 0.4) is 0 Å². The summed E-state index contributed by atoms with van der Waals surface area (Å²) >= 11 is 1.78. The number of hydrogen-bond donors (Lipinski definition) is 1. The molecule has 0 bridgehead atoms. The third kappa shape index (κ3) is 3.42. The lowest BCUT2D eigenvalue weighted by molar-refractivity contribution is 0.222. The van der Waals surface area contributed by atoms with Crippen molar-refractivity contribution in [3.63, 3.8) is 0 Å². The molecule has 1 aliphatic heterocycles. The average Bonchev–Trinajstić information content (AvgIpc) is 2.95. The highest BCUT2D eigenvalue weighted by Crippen LogP contribution is 2.28. The summed E-state index contributed by atoms with van der Waals surface area (Å²) in [5, 5.41) is 3.58. The lowest BCUT2D eigenvalue weighted by Gasteiger charge is -2.18. The van der Waals surface area contributed by atoms with Crippen LogP contribution in [-0.2, 0) is 6.42 Å². The van der Waals surface area contributed by atoms with Gasteiger partial charge in [0, 0.05) is 23.9 Å². The number of nitrogens with one attached hydrogen (secondary N) is 1. The second-order valence-corrected chi connectivity index (χ2v) is 6.33. The first-order chi connectivity index (χ1) is 10.3. The molecule has 0 aromatic heterocycles. The van der Waals surface area contributed by atoms with Gasteiger partial charge in [-0.3, -0.25) is 0 Å². The van der Waals surface area contributed by atoms with E-state index in [1.165, 1.54) is 16.0 Å². The molecule has 2 unspecified atom stereocenters. The molecule has 0 saturated carbocycles. The van der Waals surface area contributed by atoms with Gasteiger partial charge >= 0.3 is 0 Å². The molecule has 3 heteroatoms. The van der Waals surface area contributed by atoms with Gasteiger partial charge in [-0.2, -0.15) is 0 Å². The predicted octanol–water partition coefficient (Wildman–Crippen LogP) is 4.06. The molecule has 0 saturated heterocycles. The Hall–Kier alpha value is -1.45. The van der Waals surface area contributed by atoms with Gasteiger partial charge in [0.05, 0.1) is 0 Å². The Kier molecular flexibility index (Phi) is 4.51. The van der Waals surface area contributed by atoms with Crippen LogP contribution < -0.4 is 10.1 Å². The molecular weight excluding hydrogens is 278 g/mol. The van der Waals surface area contributed by atoms with Crippen molar-refractivity contribution in [2.24, 2.45) is 0 Å². The summed E-state index contributed by atoms with van der Waals surface area (Å²) in [7, 11) is 0. The first-order valence-corrected chi connectivity index (χ1v) is 8.60. The molecule has 1 N–H and O–H groups in total. The fourth-order valence-electron chi connectivity index (χ4n) is 2.69. The summed E-state index contributed by atoms with van der Waals surface area (Å²) in [5.74, 6) is 1.04. The summed E-state index contributed by atoms with van der Waals surface area (Å²) in [5.41, 5.74) is 2.64. The summed E-state index contributed by atoms with van der Waals surface area (Å²) < 4.78 is 5.96. The predicted molar refractivity (Wildman–Crippen MR) is 89.2 cm³/mol. The Labute approximate surface area is 130 Å². The second kappa shape index (κ2) is 6.54. The Bertz CT molecular complexity index is 571. The standard InChI is InChI=1S/C18H21NOS/c1-13(14-7-9-17(21-2)10-8-14)19-12-16-11-15-5-3-4-6-18(15)20-16/h3-10,13,16,19H,11-12H2,1-2H3. The van der Waals surface area contributed by atoms with Gasteiger partial charge in [0.15, 0.2) is 0 Å². The number of benzene rings is 2. The third-order valence-electron chi connectivity index (χ3n) is 3.98. The van der Waals surface area contributed by atoms with E-state index in [9.17, 15) is 0 Å². The van der Waals surface area contributed by atoms with Crippen molar-refractivity contribution in [1.82, 2.24) is 5.32 Å². The smallest absolute Gasteiger partial charge is 0.123 e. The van der Waals surface area contributed by atoms with E-state index < -0.39 is 0 Å². The van der Waals surface area contributed by atoms with E-state index in [1.807, 2.05) is 6.07 Å². The van der Waals surface area contributed by atoms with Gasteiger partial charge in [-0.05, 0) is 42.5 Å². The molecule has 2 aromatic rings. The van der Waals surface area contributed by atoms with E-state index in [4.69, 9.17) is 4.74 Å². The van der Waals surface area contributed by atoms with Crippen molar-refractivity contribution in [1.29, 1.82) is 0 Å². The van der Waals surface area contributed by atoms with Gasteiger partial charge in [-0.1, -0.05) is 30.3 Å². The van der Waals surface area contributed by atoms with Gasteiger partial charge < -0.3 is 10.1 Å². The lowest BCUT2D eigenvalue weighted by atomic mass is 10.1. The van der Waals surface area contributed by atoms with Crippen LogP contribution in [-0.4, -0.2) is 18.9 Å². The number of ether oxygens (including phenoxy) is 1. The molecule has 1 aliphatic rings. The summed E-state index contributed by atoms with van der Waals surface area (Å²) in [6.45, 7) is 3.08. The zero-order valence-electron chi connectivity index (χ0n) is 12.5. The summed E-state index contributed by atoms with van der Waals surface area (Å²) in [4.78, 5) is 1.31. The highest BCUT2D eigenvalue weighted by atomic mass is 32.2. The minimum atomic E-state index is 0.246. The molecular formula is C18H21NOS. The molecule has 0 spiro atoms. The highest BCUT2D eigenvalue weighted by molar-refractivity contribution is 7.98. The van der Waals surface area contributed by atoms with E-state index in [2.05, 4.69) is 61.0 Å². The normalized spacial score (nSPS) is 18.1. The lowest BCUT2D eigenvalue weighted by Crippen LogP contribution is -2.31. The molecule has 2 atom stereocenters. The summed E-state index contributed by atoms with van der Waals surface area (Å²) in [6.07, 6.45) is 3.35. The quantitative estimate of drug-likeness (QED) is 0.841. The molecule has 21 heavy (non-hydrogen) atoms. The zero-order chi connectivity index (χ0) is 14.7. The topological polar surface area (TPSA) is 21.3 Å². The largest absolute Gasteiger partial charge is 0.488 e. The van der Waals surface area contributed by atoms with Crippen LogP contribution in [0.15, 0.2) is 53.4 Å². The Morgan fingerprint density at radius 2 is 1.95 bits per heavy atom. The minimum absolute atomic E-state index is 0.246. The van der Waals surface area contributed by atoms with Gasteiger partial charge in [0.2, 0.25) is 0 Å². The number of hydrogen-bond acceptors (Lipinski definition) is 3. The fourth-order valence-corrected chi connectivity index (χ4v) is 3.09. The zero-order valence-corrected chi connectivity index (χ0v) is 13.3. The molecule has 110 valence electrons. The Morgan fingerprint density at radius 3 is 2.67 bits per heavy atom. The van der Waals surface area contributed by atoms with Gasteiger partial charge in [-0.25, -0.2) is 0 Å². The van der Waals surface area contributed by atoms with Crippen LogP contribution in [0.5, 0.6) is 5.75 Å². The van der Waals surface area contributed by atoms with Gasteiger partial charge in [-0.15, -0.1) is 11.8 Å². The van der Waals surface area contributed by atoms with Crippen molar-refractivity contribution in [3.05, 3.63) is 59.7 Å².